The fourth-order valence-electron chi connectivity index (χ4n) is 3.09. The summed E-state index contributed by atoms with van der Waals surface area (Å²) in [5.41, 5.74) is 5.54. The minimum Gasteiger partial charge on any atom is -0.381 e. The van der Waals surface area contributed by atoms with Gasteiger partial charge in [-0.25, -0.2) is 4.39 Å². The topological polar surface area (TPSA) is 24.4 Å². The van der Waals surface area contributed by atoms with E-state index in [9.17, 15) is 4.39 Å². The highest BCUT2D eigenvalue weighted by Crippen LogP contribution is 2.34. The molecule has 0 aliphatic heterocycles. The number of aryl methyl sites for hydroxylation is 1. The minimum absolute atomic E-state index is 0.165. The molecule has 0 aromatic heterocycles. The maximum Gasteiger partial charge on any atom is 0.126 e. The third kappa shape index (κ3) is 4.78. The molecule has 1 unspecified atom stereocenters. The van der Waals surface area contributed by atoms with Crippen LogP contribution >= 0.6 is 0 Å². The summed E-state index contributed by atoms with van der Waals surface area (Å²) in [6.45, 7) is 8.86. The summed E-state index contributed by atoms with van der Waals surface area (Å²) in [5.74, 6) is 0.424. The zero-order chi connectivity index (χ0) is 16.8. The Morgan fingerprint density at radius 3 is 2.87 bits per heavy atom. The fraction of sp³-hybridized carbons (Fsp3) is 0.450. The molecule has 1 aliphatic rings. The minimum atomic E-state index is -0.165. The van der Waals surface area contributed by atoms with Crippen LogP contribution in [-0.4, -0.2) is 19.8 Å². The van der Waals surface area contributed by atoms with Crippen LogP contribution in [0.3, 0.4) is 0 Å². The molecule has 1 N–H and O–H groups in total. The number of hydrogen-bond acceptors (Lipinski definition) is 2. The van der Waals surface area contributed by atoms with E-state index in [2.05, 4.69) is 23.8 Å². The Kier molecular flexibility index (Phi) is 6.14. The van der Waals surface area contributed by atoms with E-state index in [4.69, 9.17) is 0 Å². The number of anilines is 1. The highest BCUT2D eigenvalue weighted by molar-refractivity contribution is 5.80. The lowest BCUT2D eigenvalue weighted by Crippen LogP contribution is -2.09. The smallest absolute Gasteiger partial charge is 0.126 e. The highest BCUT2D eigenvalue weighted by Gasteiger charge is 2.20. The molecule has 1 atom stereocenters. The van der Waals surface area contributed by atoms with Crippen molar-refractivity contribution in [2.45, 2.75) is 39.5 Å². The SMILES string of the molecule is C=C1CCCC1C/C(C=NC)=C(/C)CNc1ccc(F)c(C)c1. The average Bonchev–Trinajstić information content (AvgIpc) is 2.93. The van der Waals surface area contributed by atoms with E-state index in [0.29, 0.717) is 11.5 Å². The molecule has 0 radical (unpaired) electrons. The van der Waals surface area contributed by atoms with Crippen LogP contribution < -0.4 is 5.32 Å². The van der Waals surface area contributed by atoms with Crippen molar-refractivity contribution in [2.75, 3.05) is 18.9 Å². The first-order valence-electron chi connectivity index (χ1n) is 8.29. The van der Waals surface area contributed by atoms with Gasteiger partial charge in [-0.1, -0.05) is 12.2 Å². The molecule has 1 fully saturated rings. The van der Waals surface area contributed by atoms with Gasteiger partial charge in [0.2, 0.25) is 0 Å². The van der Waals surface area contributed by atoms with Crippen LogP contribution in [0.4, 0.5) is 10.1 Å². The number of rotatable bonds is 6. The van der Waals surface area contributed by atoms with E-state index in [1.807, 2.05) is 19.3 Å². The average molecular weight is 314 g/mol. The van der Waals surface area contributed by atoms with Crippen molar-refractivity contribution in [1.29, 1.82) is 0 Å². The fourth-order valence-corrected chi connectivity index (χ4v) is 3.09. The zero-order valence-electron chi connectivity index (χ0n) is 14.5. The molecule has 23 heavy (non-hydrogen) atoms. The first kappa shape index (κ1) is 17.5. The first-order chi connectivity index (χ1) is 11.0. The van der Waals surface area contributed by atoms with E-state index < -0.39 is 0 Å². The number of hydrogen-bond donors (Lipinski definition) is 1. The summed E-state index contributed by atoms with van der Waals surface area (Å²) in [4.78, 5) is 4.21. The number of halogens is 1. The molecule has 0 spiro atoms. The van der Waals surface area contributed by atoms with Crippen molar-refractivity contribution in [3.63, 3.8) is 0 Å². The predicted octanol–water partition coefficient (Wildman–Crippen LogP) is 5.31. The van der Waals surface area contributed by atoms with Crippen LogP contribution in [-0.2, 0) is 0 Å². The molecule has 0 heterocycles. The Hall–Kier alpha value is -1.90. The van der Waals surface area contributed by atoms with Crippen molar-refractivity contribution in [2.24, 2.45) is 10.9 Å². The van der Waals surface area contributed by atoms with Gasteiger partial charge in [-0.15, -0.1) is 0 Å². The van der Waals surface area contributed by atoms with E-state index >= 15 is 0 Å². The summed E-state index contributed by atoms with van der Waals surface area (Å²) < 4.78 is 13.3. The van der Waals surface area contributed by atoms with Gasteiger partial charge in [0.05, 0.1) is 0 Å². The molecular weight excluding hydrogens is 287 g/mol. The van der Waals surface area contributed by atoms with Gasteiger partial charge < -0.3 is 5.32 Å². The molecule has 0 bridgehead atoms. The molecule has 1 saturated carbocycles. The molecule has 1 aromatic rings. The van der Waals surface area contributed by atoms with Crippen molar-refractivity contribution in [1.82, 2.24) is 0 Å². The summed E-state index contributed by atoms with van der Waals surface area (Å²) in [6.07, 6.45) is 6.64. The molecule has 3 heteroatoms. The third-order valence-electron chi connectivity index (χ3n) is 4.64. The maximum absolute atomic E-state index is 13.3. The lowest BCUT2D eigenvalue weighted by atomic mass is 9.93. The first-order valence-corrected chi connectivity index (χ1v) is 8.29. The van der Waals surface area contributed by atoms with Crippen LogP contribution in [0.1, 0.15) is 38.2 Å². The van der Waals surface area contributed by atoms with Crippen LogP contribution in [0.5, 0.6) is 0 Å². The predicted molar refractivity (Wildman–Crippen MR) is 97.8 cm³/mol. The van der Waals surface area contributed by atoms with Gasteiger partial charge in [-0.3, -0.25) is 4.99 Å². The van der Waals surface area contributed by atoms with Crippen LogP contribution in [0.25, 0.3) is 0 Å². The van der Waals surface area contributed by atoms with Gasteiger partial charge in [-0.2, -0.15) is 0 Å². The second-order valence-electron chi connectivity index (χ2n) is 6.46. The normalized spacial score (nSPS) is 19.3. The van der Waals surface area contributed by atoms with Gasteiger partial charge in [0.1, 0.15) is 5.82 Å². The van der Waals surface area contributed by atoms with E-state index in [1.165, 1.54) is 35.6 Å². The van der Waals surface area contributed by atoms with Crippen molar-refractivity contribution >= 4 is 11.9 Å². The van der Waals surface area contributed by atoms with Crippen molar-refractivity contribution in [3.8, 4) is 0 Å². The number of nitrogens with zero attached hydrogens (tertiary/aromatic N) is 1. The Morgan fingerprint density at radius 2 is 2.26 bits per heavy atom. The molecule has 2 nitrogen and oxygen atoms in total. The Bertz CT molecular complexity index is 629. The number of nitrogens with one attached hydrogen (secondary N) is 1. The van der Waals surface area contributed by atoms with E-state index in [1.54, 1.807) is 13.0 Å². The third-order valence-corrected chi connectivity index (χ3v) is 4.64. The molecule has 0 saturated heterocycles. The molecule has 0 amide bonds. The van der Waals surface area contributed by atoms with Gasteiger partial charge in [0, 0.05) is 25.5 Å². The molecule has 1 aromatic carbocycles. The molecule has 124 valence electrons. The second kappa shape index (κ2) is 8.09. The monoisotopic (exact) mass is 314 g/mol. The lowest BCUT2D eigenvalue weighted by Gasteiger charge is -2.15. The van der Waals surface area contributed by atoms with Gasteiger partial charge in [-0.05, 0) is 80.4 Å². The van der Waals surface area contributed by atoms with Crippen LogP contribution in [0.2, 0.25) is 0 Å². The summed E-state index contributed by atoms with van der Waals surface area (Å²) >= 11 is 0. The standard InChI is InChI=1S/C20H27FN2/c1-14-6-5-7-17(14)11-18(13-22-4)16(3)12-23-19-8-9-20(21)15(2)10-19/h8-10,13,17,23H,1,5-7,11-12H2,2-4H3/b18-16+,22-13?. The van der Waals surface area contributed by atoms with Crippen molar-refractivity contribution in [3.05, 3.63) is 52.9 Å². The highest BCUT2D eigenvalue weighted by atomic mass is 19.1. The van der Waals surface area contributed by atoms with E-state index in [0.717, 1.165) is 25.1 Å². The molecule has 1 aliphatic carbocycles. The Labute approximate surface area is 139 Å². The number of aliphatic imine (C=N–C) groups is 1. The Balaban J connectivity index is 2.05. The van der Waals surface area contributed by atoms with Gasteiger partial charge in [0.25, 0.3) is 0 Å². The summed E-state index contributed by atoms with van der Waals surface area (Å²) in [7, 11) is 1.81. The number of benzene rings is 1. The Morgan fingerprint density at radius 1 is 1.48 bits per heavy atom. The molecular formula is C20H27FN2. The van der Waals surface area contributed by atoms with Crippen LogP contribution in [0.15, 0.2) is 46.5 Å². The second-order valence-corrected chi connectivity index (χ2v) is 6.46. The molecule has 2 rings (SSSR count). The maximum atomic E-state index is 13.3. The summed E-state index contributed by atoms with van der Waals surface area (Å²) in [6, 6.07) is 5.13. The van der Waals surface area contributed by atoms with Gasteiger partial charge >= 0.3 is 0 Å². The van der Waals surface area contributed by atoms with Gasteiger partial charge in [0.15, 0.2) is 0 Å². The summed E-state index contributed by atoms with van der Waals surface area (Å²) in [5, 5.41) is 3.38. The lowest BCUT2D eigenvalue weighted by molar-refractivity contribution is 0.618. The number of allylic oxidation sites excluding steroid dienone is 2. The van der Waals surface area contributed by atoms with E-state index in [-0.39, 0.29) is 5.82 Å². The quantitative estimate of drug-likeness (QED) is 0.558. The van der Waals surface area contributed by atoms with Crippen LogP contribution in [0, 0.1) is 18.7 Å². The largest absolute Gasteiger partial charge is 0.381 e. The van der Waals surface area contributed by atoms with Crippen molar-refractivity contribution < 1.29 is 4.39 Å². The zero-order valence-corrected chi connectivity index (χ0v) is 14.5.